The second-order valence-corrected chi connectivity index (χ2v) is 6.88. The van der Waals surface area contributed by atoms with Crippen LogP contribution in [-0.2, 0) is 0 Å². The fourth-order valence-electron chi connectivity index (χ4n) is 2.63. The Bertz CT molecular complexity index is 922. The number of thioether (sulfide) groups is 1. The number of rotatable bonds is 4. The molecule has 4 nitrogen and oxygen atoms in total. The van der Waals surface area contributed by atoms with E-state index >= 15 is 0 Å². The van der Waals surface area contributed by atoms with Crippen molar-refractivity contribution in [2.24, 2.45) is 0 Å². The number of para-hydroxylation sites is 1. The SMILES string of the molecule is CSc1ccc(Cl)c(C(=O)Nc2c(C)nn(-c3ccccc3)c2C)c1. The number of nitrogens with one attached hydrogen (secondary N) is 1. The maximum atomic E-state index is 12.7. The van der Waals surface area contributed by atoms with Crippen molar-refractivity contribution in [1.29, 1.82) is 0 Å². The van der Waals surface area contributed by atoms with Gasteiger partial charge in [0.25, 0.3) is 5.91 Å². The van der Waals surface area contributed by atoms with E-state index in [9.17, 15) is 4.79 Å². The summed E-state index contributed by atoms with van der Waals surface area (Å²) in [6.07, 6.45) is 1.96. The molecule has 0 aliphatic heterocycles. The molecule has 1 amide bonds. The molecule has 0 saturated carbocycles. The summed E-state index contributed by atoms with van der Waals surface area (Å²) in [5, 5.41) is 7.94. The standard InChI is InChI=1S/C19H18ClN3OS/c1-12-18(13(2)23(22-12)14-7-5-4-6-8-14)21-19(24)16-11-15(25-3)9-10-17(16)20/h4-11H,1-3H3,(H,21,24). The Kier molecular flexibility index (Phi) is 5.16. The summed E-state index contributed by atoms with van der Waals surface area (Å²) in [5.74, 6) is -0.236. The predicted molar refractivity (Wildman–Crippen MR) is 104 cm³/mol. The van der Waals surface area contributed by atoms with E-state index < -0.39 is 0 Å². The molecule has 0 aliphatic rings. The zero-order chi connectivity index (χ0) is 18.0. The summed E-state index contributed by atoms with van der Waals surface area (Å²) in [7, 11) is 0. The molecular formula is C19H18ClN3OS. The van der Waals surface area contributed by atoms with Crippen LogP contribution in [0.5, 0.6) is 0 Å². The van der Waals surface area contributed by atoms with E-state index in [0.717, 1.165) is 22.0 Å². The maximum Gasteiger partial charge on any atom is 0.257 e. The molecule has 0 saturated heterocycles. The number of nitrogens with zero attached hydrogens (tertiary/aromatic N) is 2. The van der Waals surface area contributed by atoms with Crippen molar-refractivity contribution in [2.75, 3.05) is 11.6 Å². The largest absolute Gasteiger partial charge is 0.319 e. The Balaban J connectivity index is 1.94. The first-order valence-corrected chi connectivity index (χ1v) is 9.38. The first-order chi connectivity index (χ1) is 12.0. The monoisotopic (exact) mass is 371 g/mol. The number of benzene rings is 2. The van der Waals surface area contributed by atoms with Gasteiger partial charge in [-0.3, -0.25) is 4.79 Å². The predicted octanol–water partition coefficient (Wildman–Crippen LogP) is 5.12. The van der Waals surface area contributed by atoms with Crippen LogP contribution in [0.25, 0.3) is 5.69 Å². The highest BCUT2D eigenvalue weighted by atomic mass is 35.5. The molecule has 0 aliphatic carbocycles. The first-order valence-electron chi connectivity index (χ1n) is 7.78. The lowest BCUT2D eigenvalue weighted by molar-refractivity contribution is 0.102. The van der Waals surface area contributed by atoms with E-state index in [1.807, 2.05) is 61.2 Å². The van der Waals surface area contributed by atoms with Gasteiger partial charge in [0, 0.05) is 4.90 Å². The van der Waals surface area contributed by atoms with Crippen LogP contribution in [0.3, 0.4) is 0 Å². The van der Waals surface area contributed by atoms with E-state index in [1.54, 1.807) is 23.9 Å². The second-order valence-electron chi connectivity index (χ2n) is 5.59. The van der Waals surface area contributed by atoms with Gasteiger partial charge < -0.3 is 5.32 Å². The quantitative estimate of drug-likeness (QED) is 0.648. The lowest BCUT2D eigenvalue weighted by atomic mass is 10.2. The highest BCUT2D eigenvalue weighted by Gasteiger charge is 2.18. The second kappa shape index (κ2) is 7.33. The molecule has 0 atom stereocenters. The molecule has 2 aromatic carbocycles. The maximum absolute atomic E-state index is 12.7. The van der Waals surface area contributed by atoms with Crippen LogP contribution in [0.2, 0.25) is 5.02 Å². The number of aryl methyl sites for hydroxylation is 1. The van der Waals surface area contributed by atoms with Crippen LogP contribution in [0.15, 0.2) is 53.4 Å². The molecule has 128 valence electrons. The van der Waals surface area contributed by atoms with Crippen molar-refractivity contribution in [3.8, 4) is 5.69 Å². The van der Waals surface area contributed by atoms with Crippen LogP contribution in [0.4, 0.5) is 5.69 Å². The number of halogens is 1. The minimum atomic E-state index is -0.236. The molecule has 0 fully saturated rings. The van der Waals surface area contributed by atoms with E-state index in [4.69, 9.17) is 11.6 Å². The summed E-state index contributed by atoms with van der Waals surface area (Å²) in [5.41, 5.74) is 3.74. The Labute approximate surface area is 156 Å². The van der Waals surface area contributed by atoms with Gasteiger partial charge in [-0.25, -0.2) is 4.68 Å². The number of hydrogen-bond acceptors (Lipinski definition) is 3. The van der Waals surface area contributed by atoms with Gasteiger partial charge in [0.1, 0.15) is 0 Å². The molecule has 1 heterocycles. The molecule has 3 rings (SSSR count). The zero-order valence-corrected chi connectivity index (χ0v) is 15.8. The molecular weight excluding hydrogens is 354 g/mol. The summed E-state index contributed by atoms with van der Waals surface area (Å²) in [4.78, 5) is 13.7. The fraction of sp³-hybridized carbons (Fsp3) is 0.158. The van der Waals surface area contributed by atoms with E-state index in [1.165, 1.54) is 0 Å². The third-order valence-corrected chi connectivity index (χ3v) is 5.00. The van der Waals surface area contributed by atoms with Gasteiger partial charge in [0.15, 0.2) is 0 Å². The topological polar surface area (TPSA) is 46.9 Å². The number of anilines is 1. The van der Waals surface area contributed by atoms with Crippen molar-refractivity contribution >= 4 is 35.0 Å². The molecule has 0 spiro atoms. The van der Waals surface area contributed by atoms with Gasteiger partial charge >= 0.3 is 0 Å². The average Bonchev–Trinajstić information content (AvgIpc) is 2.91. The number of carbonyl (C=O) groups excluding carboxylic acids is 1. The van der Waals surface area contributed by atoms with Crippen molar-refractivity contribution in [3.63, 3.8) is 0 Å². The van der Waals surface area contributed by atoms with Gasteiger partial charge in [-0.15, -0.1) is 11.8 Å². The molecule has 0 radical (unpaired) electrons. The van der Waals surface area contributed by atoms with E-state index in [-0.39, 0.29) is 5.91 Å². The minimum absolute atomic E-state index is 0.236. The molecule has 25 heavy (non-hydrogen) atoms. The smallest absolute Gasteiger partial charge is 0.257 e. The summed E-state index contributed by atoms with van der Waals surface area (Å²) >= 11 is 7.77. The molecule has 1 aromatic heterocycles. The highest BCUT2D eigenvalue weighted by Crippen LogP contribution is 2.27. The van der Waals surface area contributed by atoms with Crippen LogP contribution in [-0.4, -0.2) is 21.9 Å². The Morgan fingerprint density at radius 3 is 2.56 bits per heavy atom. The van der Waals surface area contributed by atoms with Crippen LogP contribution < -0.4 is 5.32 Å². The van der Waals surface area contributed by atoms with Gasteiger partial charge in [0.05, 0.1) is 33.3 Å². The Hall–Kier alpha value is -2.24. The number of amides is 1. The lowest BCUT2D eigenvalue weighted by Gasteiger charge is -2.09. The van der Waals surface area contributed by atoms with Crippen LogP contribution >= 0.6 is 23.4 Å². The number of hydrogen-bond donors (Lipinski definition) is 1. The number of aromatic nitrogens is 2. The van der Waals surface area contributed by atoms with Crippen molar-refractivity contribution in [1.82, 2.24) is 9.78 Å². The summed E-state index contributed by atoms with van der Waals surface area (Å²) in [6, 6.07) is 15.3. The van der Waals surface area contributed by atoms with E-state index in [2.05, 4.69) is 10.4 Å². The summed E-state index contributed by atoms with van der Waals surface area (Å²) in [6.45, 7) is 3.81. The van der Waals surface area contributed by atoms with Crippen molar-refractivity contribution in [3.05, 3.63) is 70.5 Å². The van der Waals surface area contributed by atoms with Crippen LogP contribution in [0.1, 0.15) is 21.7 Å². The molecule has 3 aromatic rings. The first kappa shape index (κ1) is 17.6. The van der Waals surface area contributed by atoms with E-state index in [0.29, 0.717) is 16.3 Å². The third kappa shape index (κ3) is 3.57. The van der Waals surface area contributed by atoms with Gasteiger partial charge in [-0.1, -0.05) is 29.8 Å². The van der Waals surface area contributed by atoms with Crippen molar-refractivity contribution in [2.45, 2.75) is 18.7 Å². The average molecular weight is 372 g/mol. The molecule has 0 unspecified atom stereocenters. The normalized spacial score (nSPS) is 10.7. The Morgan fingerprint density at radius 2 is 1.88 bits per heavy atom. The van der Waals surface area contributed by atoms with Gasteiger partial charge in [-0.2, -0.15) is 5.10 Å². The zero-order valence-electron chi connectivity index (χ0n) is 14.2. The van der Waals surface area contributed by atoms with Gasteiger partial charge in [0.2, 0.25) is 0 Å². The third-order valence-electron chi connectivity index (χ3n) is 3.95. The lowest BCUT2D eigenvalue weighted by Crippen LogP contribution is -2.14. The van der Waals surface area contributed by atoms with Crippen LogP contribution in [0, 0.1) is 13.8 Å². The minimum Gasteiger partial charge on any atom is -0.319 e. The van der Waals surface area contributed by atoms with Crippen molar-refractivity contribution < 1.29 is 4.79 Å². The fourth-order valence-corrected chi connectivity index (χ4v) is 3.27. The number of carbonyl (C=O) groups is 1. The molecule has 0 bridgehead atoms. The Morgan fingerprint density at radius 1 is 1.16 bits per heavy atom. The summed E-state index contributed by atoms with van der Waals surface area (Å²) < 4.78 is 1.82. The highest BCUT2D eigenvalue weighted by molar-refractivity contribution is 7.98. The van der Waals surface area contributed by atoms with Gasteiger partial charge in [-0.05, 0) is 50.4 Å². The molecule has 6 heteroatoms. The molecule has 1 N–H and O–H groups in total.